The van der Waals surface area contributed by atoms with E-state index in [-0.39, 0.29) is 16.5 Å². The zero-order chi connectivity index (χ0) is 25.2. The fraction of sp³-hybridized carbons (Fsp3) is 0.222. The van der Waals surface area contributed by atoms with Crippen LogP contribution < -0.4 is 5.56 Å². The van der Waals surface area contributed by atoms with Crippen LogP contribution in [0.25, 0.3) is 16.6 Å². The highest BCUT2D eigenvalue weighted by Crippen LogP contribution is 2.28. The predicted octanol–water partition coefficient (Wildman–Crippen LogP) is 6.24. The molecule has 1 aromatic heterocycles. The lowest BCUT2D eigenvalue weighted by molar-refractivity contribution is 0.0724. The minimum Gasteiger partial charge on any atom is -0.339 e. The Kier molecular flexibility index (Phi) is 7.07. The molecule has 0 atom stereocenters. The van der Waals surface area contributed by atoms with Gasteiger partial charge in [0.2, 0.25) is 0 Å². The highest BCUT2D eigenvalue weighted by atomic mass is 35.5. The molecule has 0 spiro atoms. The van der Waals surface area contributed by atoms with Crippen molar-refractivity contribution in [1.29, 1.82) is 0 Å². The molecule has 5 nitrogen and oxygen atoms in total. The average molecular weight is 526 g/mol. The first-order valence-electron chi connectivity index (χ1n) is 11.6. The molecule has 1 aliphatic rings. The molecule has 1 amide bonds. The van der Waals surface area contributed by atoms with Gasteiger partial charge in [0, 0.05) is 29.4 Å². The second kappa shape index (κ2) is 10.4. The van der Waals surface area contributed by atoms with Gasteiger partial charge in [-0.3, -0.25) is 14.2 Å². The number of carbonyl (C=O) groups is 1. The minimum absolute atomic E-state index is 0.0755. The fourth-order valence-electron chi connectivity index (χ4n) is 4.27. The summed E-state index contributed by atoms with van der Waals surface area (Å²) in [4.78, 5) is 33.2. The number of fused-ring (bicyclic) bond motifs is 1. The molecular weight excluding hydrogens is 504 g/mol. The van der Waals surface area contributed by atoms with Crippen molar-refractivity contribution in [3.63, 3.8) is 0 Å². The van der Waals surface area contributed by atoms with Crippen LogP contribution in [0.4, 0.5) is 8.78 Å². The zero-order valence-corrected chi connectivity index (χ0v) is 20.8. The third-order valence-corrected chi connectivity index (χ3v) is 7.52. The minimum atomic E-state index is -0.438. The number of likely N-dealkylation sites (tertiary alicyclic amines) is 1. The molecule has 0 saturated carbocycles. The molecule has 184 valence electrons. The van der Waals surface area contributed by atoms with E-state index >= 15 is 0 Å². The van der Waals surface area contributed by atoms with Gasteiger partial charge in [-0.05, 0) is 79.4 Å². The Morgan fingerprint density at radius 2 is 1.67 bits per heavy atom. The highest BCUT2D eigenvalue weighted by molar-refractivity contribution is 7.98. The number of benzene rings is 3. The Labute approximate surface area is 215 Å². The molecule has 2 heterocycles. The van der Waals surface area contributed by atoms with Crippen LogP contribution in [-0.2, 0) is 5.75 Å². The van der Waals surface area contributed by atoms with E-state index in [1.165, 1.54) is 52.7 Å². The molecule has 1 fully saturated rings. The van der Waals surface area contributed by atoms with Crippen LogP contribution in [0, 0.1) is 11.6 Å². The topological polar surface area (TPSA) is 55.2 Å². The van der Waals surface area contributed by atoms with E-state index in [1.807, 2.05) is 4.90 Å². The van der Waals surface area contributed by atoms with Crippen LogP contribution in [0.2, 0.25) is 5.02 Å². The molecular formula is C27H22ClF2N3O2S. The van der Waals surface area contributed by atoms with Crippen molar-refractivity contribution < 1.29 is 13.6 Å². The average Bonchev–Trinajstić information content (AvgIpc) is 2.89. The van der Waals surface area contributed by atoms with E-state index in [4.69, 9.17) is 16.6 Å². The van der Waals surface area contributed by atoms with Crippen molar-refractivity contribution in [2.45, 2.75) is 30.2 Å². The Balaban J connectivity index is 1.58. The van der Waals surface area contributed by atoms with Gasteiger partial charge in [-0.2, -0.15) is 0 Å². The number of aromatic nitrogens is 2. The highest BCUT2D eigenvalue weighted by Gasteiger charge is 2.20. The summed E-state index contributed by atoms with van der Waals surface area (Å²) in [6.07, 6.45) is 3.07. The lowest BCUT2D eigenvalue weighted by Crippen LogP contribution is -2.35. The molecule has 1 aliphatic heterocycles. The van der Waals surface area contributed by atoms with Gasteiger partial charge in [0.05, 0.1) is 16.6 Å². The normalized spacial score (nSPS) is 13.8. The van der Waals surface area contributed by atoms with E-state index in [0.29, 0.717) is 38.6 Å². The SMILES string of the molecule is O=C(c1ccc2c(=O)n(-c3ccc(F)cc3)c(SCc3ccc(F)cc3Cl)nc2c1)N1CCCCC1. The number of carbonyl (C=O) groups excluding carboxylic acids is 1. The predicted molar refractivity (Wildman–Crippen MR) is 138 cm³/mol. The first kappa shape index (κ1) is 24.5. The first-order valence-corrected chi connectivity index (χ1v) is 13.0. The maximum absolute atomic E-state index is 13.6. The maximum Gasteiger partial charge on any atom is 0.266 e. The van der Waals surface area contributed by atoms with Crippen LogP contribution in [0.3, 0.4) is 0 Å². The quantitative estimate of drug-likeness (QED) is 0.229. The van der Waals surface area contributed by atoms with Crippen LogP contribution in [-0.4, -0.2) is 33.4 Å². The fourth-order valence-corrected chi connectivity index (χ4v) is 5.60. The molecule has 1 saturated heterocycles. The number of rotatable bonds is 5. The molecule has 0 aliphatic carbocycles. The third-order valence-electron chi connectivity index (χ3n) is 6.19. The molecule has 0 N–H and O–H groups in total. The van der Waals surface area contributed by atoms with Gasteiger partial charge in [0.15, 0.2) is 5.16 Å². The van der Waals surface area contributed by atoms with Crippen molar-refractivity contribution in [3.05, 3.63) is 98.8 Å². The van der Waals surface area contributed by atoms with E-state index < -0.39 is 11.6 Å². The summed E-state index contributed by atoms with van der Waals surface area (Å²) in [7, 11) is 0. The smallest absolute Gasteiger partial charge is 0.266 e. The Hall–Kier alpha value is -3.23. The standard InChI is InChI=1S/C27H22ClF2N3O2S/c28-23-15-20(30)6-4-18(23)16-36-27-31-24-14-17(25(34)32-12-2-1-3-13-32)5-11-22(24)26(35)33(27)21-9-7-19(29)8-10-21/h4-11,14-15H,1-3,12-13,16H2. The summed E-state index contributed by atoms with van der Waals surface area (Å²) >= 11 is 7.45. The van der Waals surface area contributed by atoms with Gasteiger partial charge >= 0.3 is 0 Å². The van der Waals surface area contributed by atoms with Gasteiger partial charge in [-0.25, -0.2) is 13.8 Å². The number of piperidine rings is 1. The lowest BCUT2D eigenvalue weighted by atomic mass is 10.1. The maximum atomic E-state index is 13.6. The van der Waals surface area contributed by atoms with E-state index in [9.17, 15) is 18.4 Å². The van der Waals surface area contributed by atoms with E-state index in [1.54, 1.807) is 24.3 Å². The monoisotopic (exact) mass is 525 g/mol. The summed E-state index contributed by atoms with van der Waals surface area (Å²) in [5.41, 5.74) is 1.67. The van der Waals surface area contributed by atoms with Crippen LogP contribution in [0.15, 0.2) is 70.6 Å². The van der Waals surface area contributed by atoms with E-state index in [2.05, 4.69) is 0 Å². The van der Waals surface area contributed by atoms with Gasteiger partial charge < -0.3 is 4.90 Å². The summed E-state index contributed by atoms with van der Waals surface area (Å²) in [5.74, 6) is -0.612. The van der Waals surface area contributed by atoms with Crippen molar-refractivity contribution >= 4 is 40.2 Å². The third kappa shape index (κ3) is 5.01. The second-order valence-corrected chi connectivity index (χ2v) is 9.97. The second-order valence-electron chi connectivity index (χ2n) is 8.62. The Morgan fingerprint density at radius 3 is 2.39 bits per heavy atom. The summed E-state index contributed by atoms with van der Waals surface area (Å²) < 4.78 is 28.5. The number of hydrogen-bond donors (Lipinski definition) is 0. The van der Waals surface area contributed by atoms with E-state index in [0.717, 1.165) is 32.4 Å². The number of nitrogens with zero attached hydrogens (tertiary/aromatic N) is 3. The van der Waals surface area contributed by atoms with Crippen LogP contribution in [0.5, 0.6) is 0 Å². The van der Waals surface area contributed by atoms with Gasteiger partial charge in [-0.1, -0.05) is 29.4 Å². The lowest BCUT2D eigenvalue weighted by Gasteiger charge is -2.26. The number of halogens is 3. The Morgan fingerprint density at radius 1 is 0.944 bits per heavy atom. The zero-order valence-electron chi connectivity index (χ0n) is 19.2. The molecule has 3 aromatic carbocycles. The summed E-state index contributed by atoms with van der Waals surface area (Å²) in [6.45, 7) is 1.44. The molecule has 0 bridgehead atoms. The molecule has 0 unspecified atom stereocenters. The van der Waals surface area contributed by atoms with Crippen molar-refractivity contribution in [2.75, 3.05) is 13.1 Å². The van der Waals surface area contributed by atoms with Crippen LogP contribution in [0.1, 0.15) is 35.2 Å². The van der Waals surface area contributed by atoms with Crippen molar-refractivity contribution in [3.8, 4) is 5.69 Å². The van der Waals surface area contributed by atoms with Gasteiger partial charge in [-0.15, -0.1) is 0 Å². The molecule has 36 heavy (non-hydrogen) atoms. The largest absolute Gasteiger partial charge is 0.339 e. The van der Waals surface area contributed by atoms with Gasteiger partial charge in [0.1, 0.15) is 11.6 Å². The van der Waals surface area contributed by atoms with Gasteiger partial charge in [0.25, 0.3) is 11.5 Å². The summed E-state index contributed by atoms with van der Waals surface area (Å²) in [5, 5.41) is 0.967. The molecule has 9 heteroatoms. The number of amides is 1. The summed E-state index contributed by atoms with van der Waals surface area (Å²) in [6, 6.07) is 14.6. The molecule has 0 radical (unpaired) electrons. The van der Waals surface area contributed by atoms with Crippen molar-refractivity contribution in [2.24, 2.45) is 0 Å². The molecule has 4 aromatic rings. The first-order chi connectivity index (χ1) is 17.4. The van der Waals surface area contributed by atoms with Crippen LogP contribution >= 0.6 is 23.4 Å². The number of thioether (sulfide) groups is 1. The number of hydrogen-bond acceptors (Lipinski definition) is 4. The molecule has 5 rings (SSSR count). The Bertz CT molecular complexity index is 1500. The van der Waals surface area contributed by atoms with Crippen molar-refractivity contribution in [1.82, 2.24) is 14.5 Å².